The highest BCUT2D eigenvalue weighted by molar-refractivity contribution is 6.08. The van der Waals surface area contributed by atoms with E-state index in [2.05, 4.69) is 35.3 Å². The lowest BCUT2D eigenvalue weighted by atomic mass is 10.0. The standard InChI is InChI=1S/C32H23F3N2/c1-21-6-4-8-26(18-21)37(27-9-5-7-24(20-27)32(33,34)35)25-15-12-22(13-16-25)23-14-17-31-29(19-23)28-10-2-3-11-30(28)36-31/h2-20,36H,1H3. The number of hydrogen-bond acceptors (Lipinski definition) is 1. The molecular weight excluding hydrogens is 469 g/mol. The van der Waals surface area contributed by atoms with E-state index < -0.39 is 11.7 Å². The van der Waals surface area contributed by atoms with E-state index in [4.69, 9.17) is 0 Å². The summed E-state index contributed by atoms with van der Waals surface area (Å²) in [4.78, 5) is 5.31. The Morgan fingerprint density at radius 1 is 0.568 bits per heavy atom. The van der Waals surface area contributed by atoms with Gasteiger partial charge in [0.25, 0.3) is 0 Å². The van der Waals surface area contributed by atoms with Crippen LogP contribution in [0.15, 0.2) is 115 Å². The van der Waals surface area contributed by atoms with Crippen molar-refractivity contribution in [2.45, 2.75) is 13.1 Å². The average Bonchev–Trinajstić information content (AvgIpc) is 3.27. The summed E-state index contributed by atoms with van der Waals surface area (Å²) < 4.78 is 40.5. The lowest BCUT2D eigenvalue weighted by molar-refractivity contribution is -0.137. The Morgan fingerprint density at radius 2 is 1.24 bits per heavy atom. The number of alkyl halides is 3. The molecule has 0 fully saturated rings. The predicted octanol–water partition coefficient (Wildman–Crippen LogP) is 9.79. The van der Waals surface area contributed by atoms with E-state index in [1.165, 1.54) is 17.5 Å². The second kappa shape index (κ2) is 8.86. The third-order valence-corrected chi connectivity index (χ3v) is 6.66. The van der Waals surface area contributed by atoms with Crippen molar-refractivity contribution in [1.29, 1.82) is 0 Å². The number of benzene rings is 5. The van der Waals surface area contributed by atoms with Crippen LogP contribution in [-0.2, 0) is 6.18 Å². The maximum absolute atomic E-state index is 13.5. The van der Waals surface area contributed by atoms with Crippen molar-refractivity contribution < 1.29 is 13.2 Å². The average molecular weight is 493 g/mol. The van der Waals surface area contributed by atoms with Crippen LogP contribution in [0.2, 0.25) is 0 Å². The molecule has 5 heteroatoms. The van der Waals surface area contributed by atoms with Gasteiger partial charge in [-0.05, 0) is 84.3 Å². The molecule has 1 N–H and O–H groups in total. The van der Waals surface area contributed by atoms with Gasteiger partial charge in [-0.1, -0.05) is 54.6 Å². The SMILES string of the molecule is Cc1cccc(N(c2ccc(-c3ccc4[nH]c5ccccc5c4c3)cc2)c2cccc(C(F)(F)F)c2)c1. The number of aromatic amines is 1. The van der Waals surface area contributed by atoms with E-state index >= 15 is 0 Å². The summed E-state index contributed by atoms with van der Waals surface area (Å²) in [6.07, 6.45) is -4.42. The molecule has 6 aromatic rings. The molecule has 37 heavy (non-hydrogen) atoms. The zero-order chi connectivity index (χ0) is 25.6. The minimum Gasteiger partial charge on any atom is -0.355 e. The fraction of sp³-hybridized carbons (Fsp3) is 0.0625. The number of fused-ring (bicyclic) bond motifs is 3. The molecular formula is C32H23F3N2. The highest BCUT2D eigenvalue weighted by Gasteiger charge is 2.31. The number of aromatic nitrogens is 1. The summed E-state index contributed by atoms with van der Waals surface area (Å²) in [7, 11) is 0. The summed E-state index contributed by atoms with van der Waals surface area (Å²) in [5, 5.41) is 2.33. The van der Waals surface area contributed by atoms with Gasteiger partial charge in [0.05, 0.1) is 5.56 Å². The molecule has 1 aromatic heterocycles. The second-order valence-corrected chi connectivity index (χ2v) is 9.20. The molecule has 0 amide bonds. The quantitative estimate of drug-likeness (QED) is 0.259. The molecule has 6 rings (SSSR count). The Kier molecular flexibility index (Phi) is 5.49. The Hall–Kier alpha value is -4.51. The number of aryl methyl sites for hydroxylation is 1. The lowest BCUT2D eigenvalue weighted by Gasteiger charge is -2.26. The zero-order valence-corrected chi connectivity index (χ0v) is 20.1. The minimum atomic E-state index is -4.42. The number of rotatable bonds is 4. The summed E-state index contributed by atoms with van der Waals surface area (Å²) in [6, 6.07) is 35.7. The van der Waals surface area contributed by atoms with Crippen LogP contribution in [0.5, 0.6) is 0 Å². The monoisotopic (exact) mass is 492 g/mol. The molecule has 5 aromatic carbocycles. The number of halogens is 3. The number of hydrogen-bond donors (Lipinski definition) is 1. The first-order valence-corrected chi connectivity index (χ1v) is 12.0. The summed E-state index contributed by atoms with van der Waals surface area (Å²) in [5.41, 5.74) is 6.66. The molecule has 2 nitrogen and oxygen atoms in total. The van der Waals surface area contributed by atoms with Gasteiger partial charge in [0, 0.05) is 38.9 Å². The summed E-state index contributed by atoms with van der Waals surface area (Å²) in [6.45, 7) is 1.97. The minimum absolute atomic E-state index is 0.452. The van der Waals surface area contributed by atoms with Crippen molar-refractivity contribution in [3.63, 3.8) is 0 Å². The number of nitrogens with zero attached hydrogens (tertiary/aromatic N) is 1. The van der Waals surface area contributed by atoms with Gasteiger partial charge in [0.15, 0.2) is 0 Å². The third-order valence-electron chi connectivity index (χ3n) is 6.66. The van der Waals surface area contributed by atoms with Crippen molar-refractivity contribution >= 4 is 38.9 Å². The van der Waals surface area contributed by atoms with E-state index in [0.29, 0.717) is 5.69 Å². The van der Waals surface area contributed by atoms with E-state index in [0.717, 1.165) is 50.6 Å². The van der Waals surface area contributed by atoms with Crippen molar-refractivity contribution in [2.24, 2.45) is 0 Å². The van der Waals surface area contributed by atoms with E-state index in [-0.39, 0.29) is 0 Å². The first kappa shape index (κ1) is 22.9. The van der Waals surface area contributed by atoms with Crippen LogP contribution in [0.3, 0.4) is 0 Å². The maximum Gasteiger partial charge on any atom is 0.416 e. The van der Waals surface area contributed by atoms with Crippen molar-refractivity contribution in [2.75, 3.05) is 4.90 Å². The molecule has 0 radical (unpaired) electrons. The normalized spacial score (nSPS) is 11.8. The van der Waals surface area contributed by atoms with Gasteiger partial charge in [-0.25, -0.2) is 0 Å². The fourth-order valence-corrected chi connectivity index (χ4v) is 4.87. The Morgan fingerprint density at radius 3 is 2.00 bits per heavy atom. The first-order valence-electron chi connectivity index (χ1n) is 12.0. The lowest BCUT2D eigenvalue weighted by Crippen LogP contribution is -2.12. The fourth-order valence-electron chi connectivity index (χ4n) is 4.87. The predicted molar refractivity (Wildman–Crippen MR) is 146 cm³/mol. The van der Waals surface area contributed by atoms with E-state index in [1.54, 1.807) is 6.07 Å². The Bertz CT molecular complexity index is 1730. The van der Waals surface area contributed by atoms with Crippen LogP contribution in [0.1, 0.15) is 11.1 Å². The third kappa shape index (κ3) is 4.33. The van der Waals surface area contributed by atoms with Gasteiger partial charge in [0.2, 0.25) is 0 Å². The highest BCUT2D eigenvalue weighted by Crippen LogP contribution is 2.39. The second-order valence-electron chi connectivity index (χ2n) is 9.20. The Balaban J connectivity index is 1.43. The molecule has 1 heterocycles. The first-order chi connectivity index (χ1) is 17.9. The molecule has 182 valence electrons. The summed E-state index contributed by atoms with van der Waals surface area (Å²) >= 11 is 0. The summed E-state index contributed by atoms with van der Waals surface area (Å²) in [5.74, 6) is 0. The molecule has 0 atom stereocenters. The van der Waals surface area contributed by atoms with Crippen LogP contribution in [-0.4, -0.2) is 4.98 Å². The van der Waals surface area contributed by atoms with Crippen LogP contribution >= 0.6 is 0 Å². The van der Waals surface area contributed by atoms with Gasteiger partial charge in [-0.3, -0.25) is 0 Å². The van der Waals surface area contributed by atoms with Crippen LogP contribution in [0.25, 0.3) is 32.9 Å². The van der Waals surface area contributed by atoms with Crippen LogP contribution in [0.4, 0.5) is 30.2 Å². The van der Waals surface area contributed by atoms with Gasteiger partial charge < -0.3 is 9.88 Å². The van der Waals surface area contributed by atoms with Crippen LogP contribution < -0.4 is 4.90 Å². The largest absolute Gasteiger partial charge is 0.416 e. The number of para-hydroxylation sites is 1. The van der Waals surface area contributed by atoms with Crippen molar-refractivity contribution in [3.8, 4) is 11.1 Å². The van der Waals surface area contributed by atoms with Gasteiger partial charge in [-0.2, -0.15) is 13.2 Å². The maximum atomic E-state index is 13.5. The topological polar surface area (TPSA) is 19.0 Å². The van der Waals surface area contributed by atoms with Crippen LogP contribution in [0, 0.1) is 6.92 Å². The van der Waals surface area contributed by atoms with Gasteiger partial charge >= 0.3 is 6.18 Å². The smallest absolute Gasteiger partial charge is 0.355 e. The number of nitrogens with one attached hydrogen (secondary N) is 1. The van der Waals surface area contributed by atoms with Gasteiger partial charge in [-0.15, -0.1) is 0 Å². The molecule has 0 aliphatic carbocycles. The number of H-pyrrole nitrogens is 1. The van der Waals surface area contributed by atoms with Gasteiger partial charge in [0.1, 0.15) is 0 Å². The van der Waals surface area contributed by atoms with Crippen molar-refractivity contribution in [1.82, 2.24) is 4.98 Å². The van der Waals surface area contributed by atoms with Crippen molar-refractivity contribution in [3.05, 3.63) is 126 Å². The molecule has 0 unspecified atom stereocenters. The van der Waals surface area contributed by atoms with E-state index in [9.17, 15) is 13.2 Å². The number of anilines is 3. The molecule has 0 saturated carbocycles. The highest BCUT2D eigenvalue weighted by atomic mass is 19.4. The molecule has 0 aliphatic rings. The molecule has 0 saturated heterocycles. The molecule has 0 aliphatic heterocycles. The molecule has 0 spiro atoms. The van der Waals surface area contributed by atoms with E-state index in [1.807, 2.05) is 72.5 Å². The zero-order valence-electron chi connectivity index (χ0n) is 20.1. The molecule has 0 bridgehead atoms. The Labute approximate surface area is 212 Å².